The van der Waals surface area contributed by atoms with Crippen LogP contribution in [0.5, 0.6) is 0 Å². The number of benzene rings is 1. The largest absolute Gasteiger partial charge is 0.388 e. The molecule has 0 aliphatic heterocycles. The first-order valence-corrected chi connectivity index (χ1v) is 6.47. The molecule has 0 aliphatic rings. The molecule has 2 atom stereocenters. The van der Waals surface area contributed by atoms with Crippen LogP contribution in [-0.4, -0.2) is 5.11 Å². The Morgan fingerprint density at radius 3 is 2.69 bits per heavy atom. The van der Waals surface area contributed by atoms with E-state index in [2.05, 4.69) is 29.8 Å². The average molecular weight is 289 g/mol. The molecule has 0 amide bonds. The van der Waals surface area contributed by atoms with E-state index in [0.29, 0.717) is 22.4 Å². The Kier molecular flexibility index (Phi) is 5.42. The molecule has 0 heterocycles. The number of rotatable bonds is 5. The molecule has 0 aromatic heterocycles. The average Bonchev–Trinajstić information content (AvgIpc) is 2.22. The van der Waals surface area contributed by atoms with Gasteiger partial charge >= 0.3 is 0 Å². The monoisotopic (exact) mass is 288 g/mol. The highest BCUT2D eigenvalue weighted by Gasteiger charge is 2.13. The van der Waals surface area contributed by atoms with Gasteiger partial charge in [0.2, 0.25) is 0 Å². The van der Waals surface area contributed by atoms with Crippen molar-refractivity contribution >= 4 is 15.9 Å². The van der Waals surface area contributed by atoms with Gasteiger partial charge in [0, 0.05) is 0 Å². The van der Waals surface area contributed by atoms with Crippen molar-refractivity contribution in [2.75, 3.05) is 0 Å². The molecule has 1 aromatic carbocycles. The van der Waals surface area contributed by atoms with Gasteiger partial charge in [-0.3, -0.25) is 0 Å². The summed E-state index contributed by atoms with van der Waals surface area (Å²) in [7, 11) is 0. The molecule has 2 unspecified atom stereocenters. The van der Waals surface area contributed by atoms with Crippen LogP contribution in [0.4, 0.5) is 4.39 Å². The van der Waals surface area contributed by atoms with E-state index >= 15 is 0 Å². The number of hydrogen-bond acceptors (Lipinski definition) is 1. The van der Waals surface area contributed by atoms with Crippen molar-refractivity contribution in [1.82, 2.24) is 0 Å². The molecule has 0 aliphatic carbocycles. The van der Waals surface area contributed by atoms with Crippen molar-refractivity contribution < 1.29 is 9.50 Å². The topological polar surface area (TPSA) is 20.2 Å². The van der Waals surface area contributed by atoms with Crippen molar-refractivity contribution in [1.29, 1.82) is 0 Å². The fraction of sp³-hybridized carbons (Fsp3) is 0.538. The van der Waals surface area contributed by atoms with Gasteiger partial charge in [-0.2, -0.15) is 0 Å². The first-order valence-electron chi connectivity index (χ1n) is 5.67. The van der Waals surface area contributed by atoms with E-state index < -0.39 is 6.10 Å². The molecule has 90 valence electrons. The summed E-state index contributed by atoms with van der Waals surface area (Å²) in [5.74, 6) is 0.145. The van der Waals surface area contributed by atoms with Crippen LogP contribution in [0.15, 0.2) is 22.7 Å². The van der Waals surface area contributed by atoms with E-state index in [1.807, 2.05) is 0 Å². The lowest BCUT2D eigenvalue weighted by Crippen LogP contribution is -2.04. The number of aliphatic hydroxyl groups is 1. The van der Waals surface area contributed by atoms with Gasteiger partial charge in [0.25, 0.3) is 0 Å². The van der Waals surface area contributed by atoms with Crippen LogP contribution in [-0.2, 0) is 0 Å². The normalized spacial score (nSPS) is 14.8. The van der Waals surface area contributed by atoms with E-state index in [-0.39, 0.29) is 5.82 Å². The molecule has 0 bridgehead atoms. The molecule has 0 saturated carbocycles. The summed E-state index contributed by atoms with van der Waals surface area (Å²) in [6, 6.07) is 4.79. The van der Waals surface area contributed by atoms with Gasteiger partial charge in [0.15, 0.2) is 0 Å². The minimum Gasteiger partial charge on any atom is -0.388 e. The van der Waals surface area contributed by atoms with Gasteiger partial charge in [-0.25, -0.2) is 4.39 Å². The highest BCUT2D eigenvalue weighted by atomic mass is 79.9. The summed E-state index contributed by atoms with van der Waals surface area (Å²) in [6.07, 6.45) is 2.33. The highest BCUT2D eigenvalue weighted by molar-refractivity contribution is 9.10. The SMILES string of the molecule is CCCC(C)CC(O)c1ccc(Br)c(F)c1. The van der Waals surface area contributed by atoms with Crippen LogP contribution in [0.25, 0.3) is 0 Å². The third kappa shape index (κ3) is 3.87. The van der Waals surface area contributed by atoms with E-state index in [1.165, 1.54) is 6.07 Å². The Morgan fingerprint density at radius 2 is 2.12 bits per heavy atom. The van der Waals surface area contributed by atoms with Gasteiger partial charge in [-0.05, 0) is 46.0 Å². The van der Waals surface area contributed by atoms with Gasteiger partial charge < -0.3 is 5.11 Å². The molecule has 1 rings (SSSR count). The van der Waals surface area contributed by atoms with Crippen molar-refractivity contribution in [2.45, 2.75) is 39.2 Å². The first kappa shape index (κ1) is 13.7. The van der Waals surface area contributed by atoms with Crippen LogP contribution >= 0.6 is 15.9 Å². The maximum absolute atomic E-state index is 13.3. The lowest BCUT2D eigenvalue weighted by atomic mass is 9.95. The third-order valence-corrected chi connectivity index (χ3v) is 3.38. The number of aliphatic hydroxyl groups excluding tert-OH is 1. The Balaban J connectivity index is 2.65. The zero-order chi connectivity index (χ0) is 12.1. The maximum Gasteiger partial charge on any atom is 0.137 e. The minimum atomic E-state index is -0.566. The van der Waals surface area contributed by atoms with Crippen LogP contribution in [0.1, 0.15) is 44.8 Å². The second-order valence-electron chi connectivity index (χ2n) is 4.32. The van der Waals surface area contributed by atoms with Crippen molar-refractivity contribution in [3.63, 3.8) is 0 Å². The van der Waals surface area contributed by atoms with Gasteiger partial charge in [0.05, 0.1) is 10.6 Å². The van der Waals surface area contributed by atoms with Crippen molar-refractivity contribution in [3.05, 3.63) is 34.1 Å². The predicted molar refractivity (Wildman–Crippen MR) is 67.7 cm³/mol. The standard InChI is InChI=1S/C13H18BrFO/c1-3-4-9(2)7-13(16)10-5-6-11(14)12(15)8-10/h5-6,8-9,13,16H,3-4,7H2,1-2H3. The molecule has 0 radical (unpaired) electrons. The minimum absolute atomic E-state index is 0.320. The van der Waals surface area contributed by atoms with Crippen molar-refractivity contribution in [2.24, 2.45) is 5.92 Å². The Labute approximate surface area is 105 Å². The van der Waals surface area contributed by atoms with Crippen LogP contribution in [0.2, 0.25) is 0 Å². The molecule has 1 N–H and O–H groups in total. The van der Waals surface area contributed by atoms with E-state index in [4.69, 9.17) is 0 Å². The Bertz CT molecular complexity index is 341. The summed E-state index contributed by atoms with van der Waals surface area (Å²) in [6.45, 7) is 4.24. The lowest BCUT2D eigenvalue weighted by Gasteiger charge is -2.16. The fourth-order valence-electron chi connectivity index (χ4n) is 1.85. The van der Waals surface area contributed by atoms with Gasteiger partial charge in [-0.15, -0.1) is 0 Å². The number of halogens is 2. The second kappa shape index (κ2) is 6.36. The molecule has 3 heteroatoms. The molecule has 1 nitrogen and oxygen atoms in total. The molecular formula is C13H18BrFO. The molecule has 0 fully saturated rings. The zero-order valence-electron chi connectivity index (χ0n) is 9.71. The summed E-state index contributed by atoms with van der Waals surface area (Å²) in [5.41, 5.74) is 0.656. The molecule has 1 aromatic rings. The third-order valence-electron chi connectivity index (χ3n) is 2.74. The molecule has 0 spiro atoms. The van der Waals surface area contributed by atoms with Crippen LogP contribution < -0.4 is 0 Å². The highest BCUT2D eigenvalue weighted by Crippen LogP contribution is 2.26. The van der Waals surface area contributed by atoms with Crippen LogP contribution in [0, 0.1) is 11.7 Å². The molecule has 16 heavy (non-hydrogen) atoms. The summed E-state index contributed by atoms with van der Waals surface area (Å²) in [5, 5.41) is 9.95. The molecule has 0 saturated heterocycles. The smallest absolute Gasteiger partial charge is 0.137 e. The van der Waals surface area contributed by atoms with E-state index in [0.717, 1.165) is 12.8 Å². The lowest BCUT2D eigenvalue weighted by molar-refractivity contribution is 0.144. The molecular weight excluding hydrogens is 271 g/mol. The quantitative estimate of drug-likeness (QED) is 0.849. The summed E-state index contributed by atoms with van der Waals surface area (Å²) >= 11 is 3.10. The Morgan fingerprint density at radius 1 is 1.44 bits per heavy atom. The predicted octanol–water partition coefficient (Wildman–Crippen LogP) is 4.45. The second-order valence-corrected chi connectivity index (χ2v) is 5.17. The zero-order valence-corrected chi connectivity index (χ0v) is 11.3. The maximum atomic E-state index is 13.3. The van der Waals surface area contributed by atoms with Gasteiger partial charge in [0.1, 0.15) is 5.82 Å². The van der Waals surface area contributed by atoms with E-state index in [9.17, 15) is 9.50 Å². The Hall–Kier alpha value is -0.410. The van der Waals surface area contributed by atoms with Crippen molar-refractivity contribution in [3.8, 4) is 0 Å². The fourth-order valence-corrected chi connectivity index (χ4v) is 2.09. The van der Waals surface area contributed by atoms with Crippen LogP contribution in [0.3, 0.4) is 0 Å². The van der Waals surface area contributed by atoms with Gasteiger partial charge in [-0.1, -0.05) is 32.8 Å². The van der Waals surface area contributed by atoms with E-state index in [1.54, 1.807) is 12.1 Å². The first-order chi connectivity index (χ1) is 7.54. The summed E-state index contributed by atoms with van der Waals surface area (Å²) in [4.78, 5) is 0. The number of hydrogen-bond donors (Lipinski definition) is 1. The summed E-state index contributed by atoms with van der Waals surface area (Å²) < 4.78 is 13.7.